The first-order chi connectivity index (χ1) is 10.7. The summed E-state index contributed by atoms with van der Waals surface area (Å²) < 4.78 is 5.50. The topological polar surface area (TPSA) is 91.1 Å². The molecule has 1 aromatic carbocycles. The molecule has 0 spiro atoms. The average molecular weight is 302 g/mol. The van der Waals surface area contributed by atoms with Gasteiger partial charge in [0.2, 0.25) is 0 Å². The third-order valence-electron chi connectivity index (χ3n) is 3.77. The summed E-state index contributed by atoms with van der Waals surface area (Å²) >= 11 is 0. The number of carbonyl (C=O) groups excluding carboxylic acids is 1. The summed E-state index contributed by atoms with van der Waals surface area (Å²) in [5.41, 5.74) is 0.390. The van der Waals surface area contributed by atoms with Crippen LogP contribution in [0.3, 0.4) is 0 Å². The number of aromatic nitrogens is 3. The van der Waals surface area contributed by atoms with E-state index in [1.54, 1.807) is 0 Å². The molecule has 116 valence electrons. The van der Waals surface area contributed by atoms with Crippen molar-refractivity contribution in [1.82, 2.24) is 20.1 Å². The molecule has 1 aliphatic rings. The van der Waals surface area contributed by atoms with E-state index in [-0.39, 0.29) is 17.5 Å². The normalized spacial score (nSPS) is 19.2. The van der Waals surface area contributed by atoms with Crippen LogP contribution in [-0.2, 0) is 11.3 Å². The van der Waals surface area contributed by atoms with E-state index in [0.29, 0.717) is 44.1 Å². The lowest BCUT2D eigenvalue weighted by Gasteiger charge is -2.34. The van der Waals surface area contributed by atoms with Gasteiger partial charge >= 0.3 is 5.69 Å². The van der Waals surface area contributed by atoms with Crippen LogP contribution in [0.4, 0.5) is 0 Å². The predicted molar refractivity (Wildman–Crippen MR) is 79.6 cm³/mol. The van der Waals surface area contributed by atoms with Crippen molar-refractivity contribution in [2.45, 2.75) is 19.0 Å². The number of nitrogens with one attached hydrogen (secondary N) is 2. The molecule has 3 rings (SSSR count). The Labute approximate surface area is 127 Å². The van der Waals surface area contributed by atoms with Crippen molar-refractivity contribution in [3.8, 4) is 0 Å². The first kappa shape index (κ1) is 14.7. The van der Waals surface area contributed by atoms with E-state index in [4.69, 9.17) is 4.74 Å². The summed E-state index contributed by atoms with van der Waals surface area (Å²) in [5.74, 6) is 0.667. The molecule has 1 aliphatic heterocycles. The molecule has 0 amide bonds. The lowest BCUT2D eigenvalue weighted by atomic mass is 10.0. The summed E-state index contributed by atoms with van der Waals surface area (Å²) in [4.78, 5) is 28.2. The van der Waals surface area contributed by atoms with Gasteiger partial charge in [-0.25, -0.2) is 9.89 Å². The number of rotatable bonds is 5. The number of morpholine rings is 1. The van der Waals surface area contributed by atoms with Crippen LogP contribution in [0.15, 0.2) is 35.1 Å². The number of H-pyrrole nitrogens is 2. The van der Waals surface area contributed by atoms with Crippen LogP contribution in [0.25, 0.3) is 0 Å². The van der Waals surface area contributed by atoms with Crippen molar-refractivity contribution < 1.29 is 9.53 Å². The lowest BCUT2D eigenvalue weighted by Crippen LogP contribution is -2.46. The zero-order chi connectivity index (χ0) is 15.4. The van der Waals surface area contributed by atoms with Crippen LogP contribution < -0.4 is 5.69 Å². The standard InChI is InChI=1S/C15H18N4O3/c20-13(11-4-2-1-3-5-11)8-12-10-22-7-6-19(12)9-14-16-15(21)18-17-14/h1-5,12H,6-10H2,(H2,16,17,18,21)/t12-/m1/s1. The second kappa shape index (κ2) is 6.67. The third kappa shape index (κ3) is 3.49. The van der Waals surface area contributed by atoms with Crippen LogP contribution >= 0.6 is 0 Å². The maximum Gasteiger partial charge on any atom is 0.340 e. The van der Waals surface area contributed by atoms with Gasteiger partial charge in [-0.1, -0.05) is 30.3 Å². The van der Waals surface area contributed by atoms with Gasteiger partial charge in [-0.15, -0.1) is 0 Å². The van der Waals surface area contributed by atoms with Gasteiger partial charge in [0.15, 0.2) is 5.78 Å². The first-order valence-electron chi connectivity index (χ1n) is 7.26. The van der Waals surface area contributed by atoms with Gasteiger partial charge < -0.3 is 4.74 Å². The predicted octanol–water partition coefficient (Wildman–Crippen LogP) is 0.572. The van der Waals surface area contributed by atoms with Crippen molar-refractivity contribution in [3.05, 3.63) is 52.2 Å². The summed E-state index contributed by atoms with van der Waals surface area (Å²) in [6.07, 6.45) is 0.388. The molecule has 0 unspecified atom stereocenters. The van der Waals surface area contributed by atoms with E-state index in [2.05, 4.69) is 20.1 Å². The summed E-state index contributed by atoms with van der Waals surface area (Å²) in [6, 6.07) is 9.24. The lowest BCUT2D eigenvalue weighted by molar-refractivity contribution is -0.0136. The number of benzene rings is 1. The third-order valence-corrected chi connectivity index (χ3v) is 3.77. The van der Waals surface area contributed by atoms with Gasteiger partial charge in [0, 0.05) is 24.6 Å². The molecule has 1 fully saturated rings. The molecule has 7 nitrogen and oxygen atoms in total. The van der Waals surface area contributed by atoms with Gasteiger partial charge in [0.25, 0.3) is 0 Å². The number of ketones is 1. The van der Waals surface area contributed by atoms with Crippen molar-refractivity contribution in [2.75, 3.05) is 19.8 Å². The zero-order valence-electron chi connectivity index (χ0n) is 12.1. The van der Waals surface area contributed by atoms with Crippen LogP contribution in [-0.4, -0.2) is 51.7 Å². The number of Topliss-reactive ketones (excluding diaryl/α,β-unsaturated/α-hetero) is 1. The molecule has 7 heteroatoms. The Morgan fingerprint density at radius 1 is 1.36 bits per heavy atom. The van der Waals surface area contributed by atoms with Crippen LogP contribution in [0, 0.1) is 0 Å². The van der Waals surface area contributed by atoms with Crippen LogP contribution in [0.2, 0.25) is 0 Å². The van der Waals surface area contributed by atoms with Crippen molar-refractivity contribution in [3.63, 3.8) is 0 Å². The van der Waals surface area contributed by atoms with Gasteiger partial charge in [0.1, 0.15) is 5.82 Å². The van der Waals surface area contributed by atoms with Gasteiger partial charge in [-0.3, -0.25) is 14.7 Å². The number of ether oxygens (including phenoxy) is 1. The van der Waals surface area contributed by atoms with E-state index in [1.807, 2.05) is 30.3 Å². The number of nitrogens with zero attached hydrogens (tertiary/aromatic N) is 2. The Morgan fingerprint density at radius 3 is 2.91 bits per heavy atom. The highest BCUT2D eigenvalue weighted by atomic mass is 16.5. The minimum Gasteiger partial charge on any atom is -0.378 e. The first-order valence-corrected chi connectivity index (χ1v) is 7.26. The summed E-state index contributed by atoms with van der Waals surface area (Å²) in [7, 11) is 0. The average Bonchev–Trinajstić information content (AvgIpc) is 2.95. The second-order valence-corrected chi connectivity index (χ2v) is 5.32. The SMILES string of the molecule is O=C(C[C@@H]1COCCN1Cc1n[nH]c(=O)[nH]1)c1ccccc1. The molecule has 22 heavy (non-hydrogen) atoms. The van der Waals surface area contributed by atoms with E-state index in [1.165, 1.54) is 0 Å². The Balaban J connectivity index is 1.67. The number of hydrogen-bond acceptors (Lipinski definition) is 5. The summed E-state index contributed by atoms with van der Waals surface area (Å²) in [6.45, 7) is 2.33. The highest BCUT2D eigenvalue weighted by Gasteiger charge is 2.26. The van der Waals surface area contributed by atoms with Crippen molar-refractivity contribution >= 4 is 5.78 Å². The molecule has 1 aromatic heterocycles. The molecule has 0 radical (unpaired) electrons. The fourth-order valence-electron chi connectivity index (χ4n) is 2.61. The molecule has 2 N–H and O–H groups in total. The van der Waals surface area contributed by atoms with Gasteiger partial charge in [-0.2, -0.15) is 5.10 Å². The quantitative estimate of drug-likeness (QED) is 0.788. The minimum atomic E-state index is -0.319. The second-order valence-electron chi connectivity index (χ2n) is 5.32. The van der Waals surface area contributed by atoms with Gasteiger partial charge in [0.05, 0.1) is 19.8 Å². The molecule has 2 aromatic rings. The van der Waals surface area contributed by atoms with E-state index < -0.39 is 0 Å². The van der Waals surface area contributed by atoms with Crippen LogP contribution in [0.1, 0.15) is 22.6 Å². The number of hydrogen-bond donors (Lipinski definition) is 2. The van der Waals surface area contributed by atoms with Crippen LogP contribution in [0.5, 0.6) is 0 Å². The monoisotopic (exact) mass is 302 g/mol. The van der Waals surface area contributed by atoms with E-state index in [0.717, 1.165) is 0 Å². The van der Waals surface area contributed by atoms with E-state index >= 15 is 0 Å². The Morgan fingerprint density at radius 2 is 2.18 bits per heavy atom. The Bertz CT molecular complexity index is 679. The molecular formula is C15H18N4O3. The smallest absolute Gasteiger partial charge is 0.340 e. The highest BCUT2D eigenvalue weighted by molar-refractivity contribution is 5.96. The zero-order valence-corrected chi connectivity index (χ0v) is 12.1. The fourth-order valence-corrected chi connectivity index (χ4v) is 2.61. The number of aromatic amines is 2. The maximum atomic E-state index is 12.4. The molecule has 2 heterocycles. The van der Waals surface area contributed by atoms with E-state index in [9.17, 15) is 9.59 Å². The maximum absolute atomic E-state index is 12.4. The van der Waals surface area contributed by atoms with Gasteiger partial charge in [-0.05, 0) is 0 Å². The minimum absolute atomic E-state index is 0.0124. The molecular weight excluding hydrogens is 284 g/mol. The summed E-state index contributed by atoms with van der Waals surface area (Å²) in [5, 5.41) is 6.27. The molecule has 0 saturated carbocycles. The van der Waals surface area contributed by atoms with Crippen molar-refractivity contribution in [2.24, 2.45) is 0 Å². The molecule has 0 bridgehead atoms. The van der Waals surface area contributed by atoms with Crippen molar-refractivity contribution in [1.29, 1.82) is 0 Å². The largest absolute Gasteiger partial charge is 0.378 e. The Hall–Kier alpha value is -2.25. The molecule has 0 aliphatic carbocycles. The fraction of sp³-hybridized carbons (Fsp3) is 0.400. The highest BCUT2D eigenvalue weighted by Crippen LogP contribution is 2.15. The molecule has 1 atom stereocenters. The molecule has 1 saturated heterocycles. The number of carbonyl (C=O) groups is 1. The Kier molecular flexibility index (Phi) is 4.45.